The van der Waals surface area contributed by atoms with Crippen molar-refractivity contribution in [2.24, 2.45) is 5.92 Å². The predicted molar refractivity (Wildman–Crippen MR) is 100 cm³/mol. The Morgan fingerprint density at radius 1 is 1.12 bits per heavy atom. The minimum absolute atomic E-state index is 0.164. The van der Waals surface area contributed by atoms with Crippen molar-refractivity contribution in [3.05, 3.63) is 84.5 Å². The summed E-state index contributed by atoms with van der Waals surface area (Å²) in [5.74, 6) is -0.680. The maximum absolute atomic E-state index is 12.6. The molecular formula is C20H20N2O2S. The van der Waals surface area contributed by atoms with E-state index >= 15 is 0 Å². The summed E-state index contributed by atoms with van der Waals surface area (Å²) >= 11 is 0. The summed E-state index contributed by atoms with van der Waals surface area (Å²) < 4.78 is 27.8. The van der Waals surface area contributed by atoms with Crippen molar-refractivity contribution in [2.45, 2.75) is 17.9 Å². The van der Waals surface area contributed by atoms with Gasteiger partial charge in [-0.25, -0.2) is 13.1 Å². The number of rotatable bonds is 7. The molecule has 2 unspecified atom stereocenters. The minimum atomic E-state index is -3.75. The first kappa shape index (κ1) is 18.7. The second-order valence-corrected chi connectivity index (χ2v) is 7.33. The molecule has 0 spiro atoms. The molecule has 0 radical (unpaired) electrons. The summed E-state index contributed by atoms with van der Waals surface area (Å²) in [6.07, 6.45) is 4.91. The van der Waals surface area contributed by atoms with Gasteiger partial charge in [-0.15, -0.1) is 6.58 Å². The Morgan fingerprint density at radius 2 is 1.76 bits per heavy atom. The Labute approximate surface area is 149 Å². The van der Waals surface area contributed by atoms with Crippen molar-refractivity contribution < 1.29 is 8.42 Å². The van der Waals surface area contributed by atoms with Gasteiger partial charge < -0.3 is 0 Å². The monoisotopic (exact) mass is 352 g/mol. The van der Waals surface area contributed by atoms with E-state index in [4.69, 9.17) is 0 Å². The molecule has 0 aliphatic heterocycles. The van der Waals surface area contributed by atoms with Crippen molar-refractivity contribution in [3.63, 3.8) is 0 Å². The van der Waals surface area contributed by atoms with E-state index in [2.05, 4.69) is 17.4 Å². The van der Waals surface area contributed by atoms with Crippen LogP contribution in [0.4, 0.5) is 0 Å². The highest BCUT2D eigenvalue weighted by Gasteiger charge is 2.23. The highest BCUT2D eigenvalue weighted by molar-refractivity contribution is 7.89. The topological polar surface area (TPSA) is 70.0 Å². The van der Waals surface area contributed by atoms with Crippen LogP contribution >= 0.6 is 0 Å². The average molecular weight is 352 g/mol. The lowest BCUT2D eigenvalue weighted by Gasteiger charge is -2.18. The molecule has 0 fully saturated rings. The highest BCUT2D eigenvalue weighted by Crippen LogP contribution is 2.15. The van der Waals surface area contributed by atoms with Crippen LogP contribution in [0.3, 0.4) is 0 Å². The number of nitriles is 1. The predicted octanol–water partition coefficient (Wildman–Crippen LogP) is 3.68. The van der Waals surface area contributed by atoms with E-state index in [0.29, 0.717) is 0 Å². The zero-order chi connectivity index (χ0) is 18.3. The molecule has 2 rings (SSSR count). The molecule has 0 aliphatic rings. The van der Waals surface area contributed by atoms with Crippen molar-refractivity contribution >= 4 is 16.1 Å². The molecule has 0 heterocycles. The van der Waals surface area contributed by atoms with Crippen molar-refractivity contribution in [2.75, 3.05) is 0 Å². The van der Waals surface area contributed by atoms with Crippen LogP contribution in [0.15, 0.2) is 78.2 Å². The molecule has 0 amide bonds. The van der Waals surface area contributed by atoms with Gasteiger partial charge in [-0.05, 0) is 24.6 Å². The number of sulfonamides is 1. The van der Waals surface area contributed by atoms with Crippen LogP contribution < -0.4 is 4.72 Å². The van der Waals surface area contributed by atoms with Crippen LogP contribution in [0, 0.1) is 24.2 Å². The number of nitrogens with zero attached hydrogens (tertiary/aromatic N) is 1. The molecule has 128 valence electrons. The molecule has 0 saturated heterocycles. The van der Waals surface area contributed by atoms with Gasteiger partial charge in [0.25, 0.3) is 0 Å². The second-order valence-electron chi connectivity index (χ2n) is 5.62. The molecular weight excluding hydrogens is 332 g/mol. The minimum Gasteiger partial charge on any atom is -0.207 e. The zero-order valence-corrected chi connectivity index (χ0v) is 14.8. The largest absolute Gasteiger partial charge is 0.241 e. The first-order chi connectivity index (χ1) is 12.0. The van der Waals surface area contributed by atoms with E-state index in [1.165, 1.54) is 6.08 Å². The Bertz CT molecular complexity index is 880. The van der Waals surface area contributed by atoms with Crippen molar-refractivity contribution in [1.82, 2.24) is 4.72 Å². The third-order valence-electron chi connectivity index (χ3n) is 3.71. The summed E-state index contributed by atoms with van der Waals surface area (Å²) in [7, 11) is -3.75. The summed E-state index contributed by atoms with van der Waals surface area (Å²) in [6.45, 7) is 5.52. The van der Waals surface area contributed by atoms with Gasteiger partial charge in [0.05, 0.1) is 22.9 Å². The Kier molecular flexibility index (Phi) is 6.29. The van der Waals surface area contributed by atoms with E-state index in [9.17, 15) is 13.7 Å². The maximum Gasteiger partial charge on any atom is 0.241 e. The third-order valence-corrected chi connectivity index (χ3v) is 5.18. The zero-order valence-electron chi connectivity index (χ0n) is 14.0. The van der Waals surface area contributed by atoms with Gasteiger partial charge in [0, 0.05) is 0 Å². The number of hydrogen-bond acceptors (Lipinski definition) is 3. The smallest absolute Gasteiger partial charge is 0.207 e. The second kappa shape index (κ2) is 8.43. The fourth-order valence-electron chi connectivity index (χ4n) is 2.26. The van der Waals surface area contributed by atoms with Gasteiger partial charge in [0.2, 0.25) is 10.0 Å². The molecule has 0 aromatic heterocycles. The van der Waals surface area contributed by atoms with Crippen LogP contribution in [-0.4, -0.2) is 14.5 Å². The van der Waals surface area contributed by atoms with Gasteiger partial charge in [0.15, 0.2) is 0 Å². The van der Waals surface area contributed by atoms with E-state index in [1.54, 1.807) is 36.4 Å². The lowest BCUT2D eigenvalue weighted by Crippen LogP contribution is -2.37. The Hall–Kier alpha value is -2.68. The highest BCUT2D eigenvalue weighted by atomic mass is 32.2. The molecule has 1 N–H and O–H groups in total. The van der Waals surface area contributed by atoms with E-state index in [0.717, 1.165) is 11.1 Å². The van der Waals surface area contributed by atoms with Gasteiger partial charge in [0.1, 0.15) is 0 Å². The van der Waals surface area contributed by atoms with Gasteiger partial charge >= 0.3 is 0 Å². The molecule has 2 atom stereocenters. The first-order valence-corrected chi connectivity index (χ1v) is 9.29. The van der Waals surface area contributed by atoms with Gasteiger partial charge in [-0.3, -0.25) is 0 Å². The average Bonchev–Trinajstić information content (AvgIpc) is 2.61. The lowest BCUT2D eigenvalue weighted by atomic mass is 10.0. The Balaban J connectivity index is 2.29. The van der Waals surface area contributed by atoms with Gasteiger partial charge in [-0.2, -0.15) is 5.26 Å². The van der Waals surface area contributed by atoms with Crippen LogP contribution in [0.2, 0.25) is 0 Å². The van der Waals surface area contributed by atoms with Crippen LogP contribution in [0.5, 0.6) is 0 Å². The van der Waals surface area contributed by atoms with E-state index < -0.39 is 22.0 Å². The van der Waals surface area contributed by atoms with Crippen LogP contribution in [-0.2, 0) is 10.0 Å². The standard InChI is InChI=1S/C20H20N2O2S/c1-3-18(15-21)20(14-11-17-7-5-4-6-8-17)22-25(23,24)19-12-9-16(2)10-13-19/h3-14,18,20,22H,1H2,2H3/b14-11+. The number of nitrogens with one attached hydrogen (secondary N) is 1. The summed E-state index contributed by atoms with van der Waals surface area (Å²) in [5, 5.41) is 9.31. The summed E-state index contributed by atoms with van der Waals surface area (Å²) in [4.78, 5) is 0.164. The molecule has 25 heavy (non-hydrogen) atoms. The number of hydrogen-bond donors (Lipinski definition) is 1. The lowest BCUT2D eigenvalue weighted by molar-refractivity contribution is 0.557. The van der Waals surface area contributed by atoms with E-state index in [-0.39, 0.29) is 4.90 Å². The Morgan fingerprint density at radius 3 is 2.32 bits per heavy atom. The van der Waals surface area contributed by atoms with Gasteiger partial charge in [-0.1, -0.05) is 66.3 Å². The summed E-state index contributed by atoms with van der Waals surface area (Å²) in [6, 6.07) is 17.4. The molecule has 0 bridgehead atoms. The normalized spacial score (nSPS) is 13.9. The molecule has 5 heteroatoms. The first-order valence-electron chi connectivity index (χ1n) is 7.80. The van der Waals surface area contributed by atoms with Crippen LogP contribution in [0.25, 0.3) is 6.08 Å². The maximum atomic E-state index is 12.6. The third kappa shape index (κ3) is 5.15. The van der Waals surface area contributed by atoms with Crippen molar-refractivity contribution in [1.29, 1.82) is 5.26 Å². The summed E-state index contributed by atoms with van der Waals surface area (Å²) in [5.41, 5.74) is 1.89. The van der Waals surface area contributed by atoms with Crippen molar-refractivity contribution in [3.8, 4) is 6.07 Å². The molecule has 0 saturated carbocycles. The fraction of sp³-hybridized carbons (Fsp3) is 0.150. The number of aryl methyl sites for hydroxylation is 1. The SMILES string of the molecule is C=CC(C#N)C(/C=C/c1ccccc1)NS(=O)(=O)c1ccc(C)cc1. The van der Waals surface area contributed by atoms with E-state index in [1.807, 2.05) is 37.3 Å². The fourth-order valence-corrected chi connectivity index (χ4v) is 3.47. The molecule has 4 nitrogen and oxygen atoms in total. The molecule has 0 aliphatic carbocycles. The molecule has 2 aromatic carbocycles. The molecule has 2 aromatic rings. The van der Waals surface area contributed by atoms with Crippen LogP contribution in [0.1, 0.15) is 11.1 Å². The quantitative estimate of drug-likeness (QED) is 0.773. The number of benzene rings is 2.